The van der Waals surface area contributed by atoms with Gasteiger partial charge in [0.05, 0.1) is 17.5 Å². The molecule has 86 valence electrons. The van der Waals surface area contributed by atoms with Gasteiger partial charge in [0.1, 0.15) is 0 Å². The van der Waals surface area contributed by atoms with Gasteiger partial charge in [-0.15, -0.1) is 11.3 Å². The summed E-state index contributed by atoms with van der Waals surface area (Å²) in [6.07, 6.45) is 0.897. The Labute approximate surface area is 99.7 Å². The van der Waals surface area contributed by atoms with Crippen molar-refractivity contribution in [1.29, 1.82) is 0 Å². The lowest BCUT2D eigenvalue weighted by molar-refractivity contribution is -0.147. The van der Waals surface area contributed by atoms with Crippen LogP contribution in [0.15, 0.2) is 12.1 Å². The van der Waals surface area contributed by atoms with Gasteiger partial charge in [-0.1, -0.05) is 18.5 Å². The maximum atomic E-state index is 6.08. The minimum absolute atomic E-state index is 0.0460. The van der Waals surface area contributed by atoms with Crippen LogP contribution in [0.1, 0.15) is 24.3 Å². The predicted molar refractivity (Wildman–Crippen MR) is 65.1 cm³/mol. The third kappa shape index (κ3) is 3.16. The largest absolute Gasteiger partial charge is 0.326 e. The second-order valence-electron chi connectivity index (χ2n) is 3.39. The van der Waals surface area contributed by atoms with Crippen molar-refractivity contribution in [2.24, 2.45) is 5.73 Å². The van der Waals surface area contributed by atoms with E-state index in [1.165, 1.54) is 0 Å². The maximum absolute atomic E-state index is 6.08. The highest BCUT2D eigenvalue weighted by atomic mass is 35.5. The minimum atomic E-state index is 0.0460. The number of hydrogen-bond donors (Lipinski definition) is 1. The van der Waals surface area contributed by atoms with Crippen LogP contribution in [0.5, 0.6) is 0 Å². The number of thiophene rings is 1. The fraction of sp³-hybridized carbons (Fsp3) is 0.600. The molecule has 0 amide bonds. The van der Waals surface area contributed by atoms with Gasteiger partial charge in [-0.25, -0.2) is 0 Å². The Bertz CT molecular complexity index is 295. The molecule has 15 heavy (non-hydrogen) atoms. The fourth-order valence-electron chi connectivity index (χ4n) is 1.48. The lowest BCUT2D eigenvalue weighted by Crippen LogP contribution is -2.37. The molecule has 2 atom stereocenters. The summed E-state index contributed by atoms with van der Waals surface area (Å²) in [5.74, 6) is 0. The monoisotopic (exact) mass is 248 g/mol. The zero-order valence-corrected chi connectivity index (χ0v) is 10.8. The van der Waals surface area contributed by atoms with Gasteiger partial charge in [-0.2, -0.15) is 5.06 Å². The van der Waals surface area contributed by atoms with E-state index in [1.54, 1.807) is 23.5 Å². The number of nitrogens with zero attached hydrogens (tertiary/aromatic N) is 1. The van der Waals surface area contributed by atoms with Crippen molar-refractivity contribution in [3.8, 4) is 0 Å². The van der Waals surface area contributed by atoms with Crippen molar-refractivity contribution in [3.63, 3.8) is 0 Å². The van der Waals surface area contributed by atoms with E-state index >= 15 is 0 Å². The first-order chi connectivity index (χ1) is 7.10. The zero-order chi connectivity index (χ0) is 11.4. The zero-order valence-electron chi connectivity index (χ0n) is 9.24. The van der Waals surface area contributed by atoms with E-state index in [0.29, 0.717) is 0 Å². The predicted octanol–water partition coefficient (Wildman–Crippen LogP) is 2.67. The molecule has 3 nitrogen and oxygen atoms in total. The standard InChI is InChI=1S/C10H17ClN2OS/c1-4-7(12)10(13(2)14-3)8-5-6-9(11)15-8/h5-7,10H,4,12H2,1-3H3. The average Bonchev–Trinajstić information content (AvgIpc) is 2.64. The number of rotatable bonds is 5. The molecule has 0 spiro atoms. The molecule has 0 fully saturated rings. The summed E-state index contributed by atoms with van der Waals surface area (Å²) in [5, 5.41) is 1.77. The van der Waals surface area contributed by atoms with E-state index in [0.717, 1.165) is 15.6 Å². The lowest BCUT2D eigenvalue weighted by Gasteiger charge is -2.29. The van der Waals surface area contributed by atoms with Crippen molar-refractivity contribution < 1.29 is 4.84 Å². The molecule has 0 radical (unpaired) electrons. The van der Waals surface area contributed by atoms with Crippen LogP contribution in [0, 0.1) is 0 Å². The highest BCUT2D eigenvalue weighted by Gasteiger charge is 2.24. The lowest BCUT2D eigenvalue weighted by atomic mass is 10.1. The normalized spacial score (nSPS) is 15.6. The van der Waals surface area contributed by atoms with Gasteiger partial charge < -0.3 is 10.6 Å². The smallest absolute Gasteiger partial charge is 0.0931 e. The molecule has 0 saturated heterocycles. The number of hydroxylamine groups is 2. The molecule has 0 bridgehead atoms. The number of hydrogen-bond acceptors (Lipinski definition) is 4. The molecule has 0 aliphatic carbocycles. The first-order valence-corrected chi connectivity index (χ1v) is 6.07. The third-order valence-corrected chi connectivity index (χ3v) is 3.74. The van der Waals surface area contributed by atoms with Crippen LogP contribution in [0.3, 0.4) is 0 Å². The Kier molecular flexibility index (Phi) is 5.02. The van der Waals surface area contributed by atoms with Crippen LogP contribution < -0.4 is 5.73 Å². The van der Waals surface area contributed by atoms with Crippen molar-refractivity contribution in [3.05, 3.63) is 21.3 Å². The van der Waals surface area contributed by atoms with E-state index in [4.69, 9.17) is 22.2 Å². The molecule has 5 heteroatoms. The number of nitrogens with two attached hydrogens (primary N) is 1. The van der Waals surface area contributed by atoms with E-state index < -0.39 is 0 Å². The van der Waals surface area contributed by atoms with Gasteiger partial charge in [-0.05, 0) is 18.6 Å². The highest BCUT2D eigenvalue weighted by Crippen LogP contribution is 2.32. The fourth-order valence-corrected chi connectivity index (χ4v) is 2.76. The van der Waals surface area contributed by atoms with Crippen LogP contribution in [0.2, 0.25) is 4.34 Å². The molecule has 0 aliphatic rings. The van der Waals surface area contributed by atoms with Crippen molar-refractivity contribution >= 4 is 22.9 Å². The summed E-state index contributed by atoms with van der Waals surface area (Å²) < 4.78 is 0.780. The van der Waals surface area contributed by atoms with Gasteiger partial charge in [0.15, 0.2) is 0 Å². The second-order valence-corrected chi connectivity index (χ2v) is 5.13. The molecule has 1 rings (SSSR count). The molecule has 1 aromatic rings. The summed E-state index contributed by atoms with van der Waals surface area (Å²) in [6, 6.07) is 4.01. The molecule has 2 unspecified atom stereocenters. The van der Waals surface area contributed by atoms with Crippen LogP contribution in [-0.2, 0) is 4.84 Å². The van der Waals surface area contributed by atoms with Crippen LogP contribution >= 0.6 is 22.9 Å². The van der Waals surface area contributed by atoms with Crippen molar-refractivity contribution in [2.75, 3.05) is 14.2 Å². The van der Waals surface area contributed by atoms with Gasteiger partial charge in [0, 0.05) is 18.0 Å². The Morgan fingerprint density at radius 1 is 1.60 bits per heavy atom. The molecular weight excluding hydrogens is 232 g/mol. The van der Waals surface area contributed by atoms with E-state index in [9.17, 15) is 0 Å². The summed E-state index contributed by atoms with van der Waals surface area (Å²) in [6.45, 7) is 2.07. The van der Waals surface area contributed by atoms with Crippen LogP contribution in [0.25, 0.3) is 0 Å². The Morgan fingerprint density at radius 3 is 2.67 bits per heavy atom. The van der Waals surface area contributed by atoms with Crippen LogP contribution in [-0.4, -0.2) is 25.3 Å². The molecular formula is C10H17ClN2OS. The number of likely N-dealkylation sites (N-methyl/N-ethyl adjacent to an activating group) is 1. The quantitative estimate of drug-likeness (QED) is 0.815. The summed E-state index contributed by atoms with van der Waals surface area (Å²) in [7, 11) is 3.53. The summed E-state index contributed by atoms with van der Waals surface area (Å²) in [4.78, 5) is 6.35. The van der Waals surface area contributed by atoms with E-state index in [-0.39, 0.29) is 12.1 Å². The average molecular weight is 249 g/mol. The van der Waals surface area contributed by atoms with E-state index in [2.05, 4.69) is 6.92 Å². The first-order valence-electron chi connectivity index (χ1n) is 4.87. The van der Waals surface area contributed by atoms with Crippen molar-refractivity contribution in [2.45, 2.75) is 25.4 Å². The summed E-state index contributed by atoms with van der Waals surface area (Å²) >= 11 is 7.47. The number of halogens is 1. The maximum Gasteiger partial charge on any atom is 0.0931 e. The molecule has 0 saturated carbocycles. The molecule has 0 aliphatic heterocycles. The first kappa shape index (κ1) is 12.9. The van der Waals surface area contributed by atoms with Gasteiger partial charge in [0.2, 0.25) is 0 Å². The van der Waals surface area contributed by atoms with Crippen LogP contribution in [0.4, 0.5) is 0 Å². The summed E-state index contributed by atoms with van der Waals surface area (Å²) in [5.41, 5.74) is 6.08. The molecule has 0 aromatic carbocycles. The second kappa shape index (κ2) is 5.82. The van der Waals surface area contributed by atoms with Gasteiger partial charge >= 0.3 is 0 Å². The Morgan fingerprint density at radius 2 is 2.27 bits per heavy atom. The minimum Gasteiger partial charge on any atom is -0.326 e. The SMILES string of the molecule is CCC(N)C(c1ccc(Cl)s1)N(C)OC. The molecule has 2 N–H and O–H groups in total. The van der Waals surface area contributed by atoms with Gasteiger partial charge in [0.25, 0.3) is 0 Å². The third-order valence-electron chi connectivity index (χ3n) is 2.44. The Balaban J connectivity index is 2.90. The highest BCUT2D eigenvalue weighted by molar-refractivity contribution is 7.16. The van der Waals surface area contributed by atoms with Crippen molar-refractivity contribution in [1.82, 2.24) is 5.06 Å². The van der Waals surface area contributed by atoms with E-state index in [1.807, 2.05) is 19.2 Å². The topological polar surface area (TPSA) is 38.5 Å². The Hall–Kier alpha value is -0.130. The molecule has 1 heterocycles. The molecule has 1 aromatic heterocycles. The van der Waals surface area contributed by atoms with Gasteiger partial charge in [-0.3, -0.25) is 0 Å².